The topological polar surface area (TPSA) is 60.2 Å². The minimum absolute atomic E-state index is 0. The minimum Gasteiger partial charge on any atom is -0.497 e. The van der Waals surface area contributed by atoms with Gasteiger partial charge in [-0.25, -0.2) is 9.97 Å². The van der Waals surface area contributed by atoms with Crippen LogP contribution in [0.25, 0.3) is 10.2 Å². The SMILES string of the molecule is COc1ccc2nc(N(CCCn3ccnc3)C(=O)c3ccc(Br)s3)sc2c1.Cl. The number of anilines is 1. The van der Waals surface area contributed by atoms with Crippen molar-refractivity contribution in [1.82, 2.24) is 14.5 Å². The van der Waals surface area contributed by atoms with Gasteiger partial charge in [-0.3, -0.25) is 9.69 Å². The molecule has 0 aliphatic heterocycles. The van der Waals surface area contributed by atoms with Crippen LogP contribution in [0, 0.1) is 0 Å². The minimum atomic E-state index is -0.0349. The van der Waals surface area contributed by atoms with Gasteiger partial charge < -0.3 is 9.30 Å². The number of imidazole rings is 1. The van der Waals surface area contributed by atoms with E-state index in [-0.39, 0.29) is 18.3 Å². The van der Waals surface area contributed by atoms with E-state index in [1.54, 1.807) is 24.5 Å². The number of carbonyl (C=O) groups is 1. The number of benzene rings is 1. The Balaban J connectivity index is 0.00000240. The summed E-state index contributed by atoms with van der Waals surface area (Å²) in [4.78, 5) is 24.4. The van der Waals surface area contributed by atoms with Crippen LogP contribution in [0.15, 0.2) is 52.8 Å². The number of amides is 1. The monoisotopic (exact) mass is 512 g/mol. The van der Waals surface area contributed by atoms with Gasteiger partial charge in [-0.05, 0) is 52.7 Å². The predicted molar refractivity (Wildman–Crippen MR) is 124 cm³/mol. The van der Waals surface area contributed by atoms with Gasteiger partial charge in [0.1, 0.15) is 5.75 Å². The Bertz CT molecular complexity index is 1100. The summed E-state index contributed by atoms with van der Waals surface area (Å²) in [7, 11) is 1.64. The highest BCUT2D eigenvalue weighted by molar-refractivity contribution is 9.11. The van der Waals surface area contributed by atoms with E-state index in [1.807, 2.05) is 41.1 Å². The smallest absolute Gasteiger partial charge is 0.270 e. The van der Waals surface area contributed by atoms with Gasteiger partial charge >= 0.3 is 0 Å². The van der Waals surface area contributed by atoms with E-state index in [1.165, 1.54) is 22.7 Å². The van der Waals surface area contributed by atoms with Crippen molar-refractivity contribution in [2.24, 2.45) is 0 Å². The predicted octanol–water partition coefficient (Wildman–Crippen LogP) is 5.48. The van der Waals surface area contributed by atoms with Crippen molar-refractivity contribution in [1.29, 1.82) is 0 Å². The van der Waals surface area contributed by atoms with Crippen LogP contribution in [-0.2, 0) is 6.54 Å². The Kier molecular flexibility index (Phi) is 7.28. The highest BCUT2D eigenvalue weighted by Crippen LogP contribution is 2.33. The van der Waals surface area contributed by atoms with E-state index in [2.05, 4.69) is 20.9 Å². The van der Waals surface area contributed by atoms with Gasteiger partial charge in [0.2, 0.25) is 0 Å². The number of hydrogen-bond acceptors (Lipinski definition) is 6. The molecule has 1 aromatic carbocycles. The summed E-state index contributed by atoms with van der Waals surface area (Å²) >= 11 is 6.37. The van der Waals surface area contributed by atoms with Gasteiger partial charge in [0.15, 0.2) is 5.13 Å². The number of nitrogens with zero attached hydrogens (tertiary/aromatic N) is 4. The molecule has 0 bridgehead atoms. The van der Waals surface area contributed by atoms with E-state index in [4.69, 9.17) is 9.72 Å². The Morgan fingerprint density at radius 2 is 2.14 bits per heavy atom. The molecule has 1 amide bonds. The van der Waals surface area contributed by atoms with Crippen LogP contribution >= 0.6 is 51.0 Å². The van der Waals surface area contributed by atoms with Crippen LogP contribution in [0.1, 0.15) is 16.1 Å². The molecule has 0 radical (unpaired) electrons. The molecule has 0 aliphatic carbocycles. The molecule has 0 atom stereocenters. The number of hydrogen-bond donors (Lipinski definition) is 0. The number of fused-ring (bicyclic) bond motifs is 1. The number of carbonyl (C=O) groups excluding carboxylic acids is 1. The first-order valence-corrected chi connectivity index (χ1v) is 11.0. The number of thiophene rings is 1. The molecule has 6 nitrogen and oxygen atoms in total. The largest absolute Gasteiger partial charge is 0.497 e. The third-order valence-corrected chi connectivity index (χ3v) is 6.85. The zero-order valence-corrected chi connectivity index (χ0v) is 19.5. The lowest BCUT2D eigenvalue weighted by Gasteiger charge is -2.19. The first kappa shape index (κ1) is 21.8. The molecule has 0 N–H and O–H groups in total. The highest BCUT2D eigenvalue weighted by atomic mass is 79.9. The Morgan fingerprint density at radius 3 is 2.83 bits per heavy atom. The molecular formula is C19H18BrClN4O2S2. The van der Waals surface area contributed by atoms with E-state index >= 15 is 0 Å². The molecule has 4 rings (SSSR count). The number of thiazole rings is 1. The Labute approximate surface area is 190 Å². The summed E-state index contributed by atoms with van der Waals surface area (Å²) in [6, 6.07) is 9.49. The maximum absolute atomic E-state index is 13.2. The molecule has 0 aliphatic rings. The molecule has 0 spiro atoms. The first-order valence-electron chi connectivity index (χ1n) is 8.61. The van der Waals surface area contributed by atoms with Crippen LogP contribution < -0.4 is 9.64 Å². The number of aromatic nitrogens is 3. The van der Waals surface area contributed by atoms with Gasteiger partial charge in [-0.2, -0.15) is 0 Å². The molecule has 0 fully saturated rings. The number of methoxy groups -OCH3 is 1. The molecule has 3 aromatic heterocycles. The van der Waals surface area contributed by atoms with Crippen molar-refractivity contribution >= 4 is 72.3 Å². The van der Waals surface area contributed by atoms with Gasteiger partial charge in [0.05, 0.1) is 32.3 Å². The summed E-state index contributed by atoms with van der Waals surface area (Å²) in [5, 5.41) is 0.698. The summed E-state index contributed by atoms with van der Waals surface area (Å²) in [6.07, 6.45) is 6.26. The maximum atomic E-state index is 13.2. The molecule has 4 aromatic rings. The molecule has 29 heavy (non-hydrogen) atoms. The van der Waals surface area contributed by atoms with Crippen molar-refractivity contribution in [3.63, 3.8) is 0 Å². The molecule has 10 heteroatoms. The average molecular weight is 514 g/mol. The number of rotatable bonds is 7. The number of halogens is 2. The Hall–Kier alpha value is -1.94. The number of aryl methyl sites for hydroxylation is 1. The van der Waals surface area contributed by atoms with Gasteiger partial charge in [-0.1, -0.05) is 11.3 Å². The van der Waals surface area contributed by atoms with Gasteiger partial charge in [0.25, 0.3) is 5.91 Å². The lowest BCUT2D eigenvalue weighted by Crippen LogP contribution is -2.31. The Morgan fingerprint density at radius 1 is 1.28 bits per heavy atom. The molecule has 3 heterocycles. The lowest BCUT2D eigenvalue weighted by molar-refractivity contribution is 0.0990. The quantitative estimate of drug-likeness (QED) is 0.328. The molecule has 0 saturated heterocycles. The second-order valence-corrected chi connectivity index (χ2v) is 9.52. The molecular weight excluding hydrogens is 496 g/mol. The zero-order valence-electron chi connectivity index (χ0n) is 15.4. The first-order chi connectivity index (χ1) is 13.6. The fourth-order valence-electron chi connectivity index (χ4n) is 2.81. The van der Waals surface area contributed by atoms with E-state index < -0.39 is 0 Å². The van der Waals surface area contributed by atoms with Gasteiger partial charge in [-0.15, -0.1) is 23.7 Å². The average Bonchev–Trinajstić information content (AvgIpc) is 3.44. The van der Waals surface area contributed by atoms with Crippen molar-refractivity contribution in [2.75, 3.05) is 18.6 Å². The zero-order chi connectivity index (χ0) is 19.5. The van der Waals surface area contributed by atoms with Crippen molar-refractivity contribution in [3.8, 4) is 5.75 Å². The third-order valence-electron chi connectivity index (χ3n) is 4.20. The van der Waals surface area contributed by atoms with E-state index in [0.717, 1.165) is 32.7 Å². The third kappa shape index (κ3) is 4.98. The lowest BCUT2D eigenvalue weighted by atomic mass is 10.3. The van der Waals surface area contributed by atoms with Crippen LogP contribution in [0.3, 0.4) is 0 Å². The normalized spacial score (nSPS) is 10.7. The van der Waals surface area contributed by atoms with Crippen molar-refractivity contribution < 1.29 is 9.53 Å². The van der Waals surface area contributed by atoms with Crippen molar-refractivity contribution in [3.05, 3.63) is 57.7 Å². The molecule has 152 valence electrons. The fraction of sp³-hybridized carbons (Fsp3) is 0.211. The summed E-state index contributed by atoms with van der Waals surface area (Å²) < 4.78 is 9.24. The van der Waals surface area contributed by atoms with Crippen LogP contribution in [0.4, 0.5) is 5.13 Å². The summed E-state index contributed by atoms with van der Waals surface area (Å²) in [6.45, 7) is 1.36. The molecule has 0 unspecified atom stereocenters. The highest BCUT2D eigenvalue weighted by Gasteiger charge is 2.22. The standard InChI is InChI=1S/C19H17BrN4O2S2.ClH/c1-26-13-3-4-14-16(11-13)28-19(22-14)24(9-2-8-23-10-7-21-12-23)18(25)15-5-6-17(20)27-15;/h3-7,10-12H,2,8-9H2,1H3;1H. The fourth-order valence-corrected chi connectivity index (χ4v) is 5.17. The van der Waals surface area contributed by atoms with Crippen LogP contribution in [-0.4, -0.2) is 34.1 Å². The van der Waals surface area contributed by atoms with Gasteiger partial charge in [0, 0.05) is 25.5 Å². The van der Waals surface area contributed by atoms with Crippen molar-refractivity contribution in [2.45, 2.75) is 13.0 Å². The van der Waals surface area contributed by atoms with Crippen LogP contribution in [0.2, 0.25) is 0 Å². The summed E-state index contributed by atoms with van der Waals surface area (Å²) in [5.41, 5.74) is 0.862. The van der Waals surface area contributed by atoms with E-state index in [9.17, 15) is 4.79 Å². The second kappa shape index (κ2) is 9.71. The maximum Gasteiger partial charge on any atom is 0.270 e. The molecule has 0 saturated carbocycles. The summed E-state index contributed by atoms with van der Waals surface area (Å²) in [5.74, 6) is 0.746. The van der Waals surface area contributed by atoms with Crippen LogP contribution in [0.5, 0.6) is 5.75 Å². The number of ether oxygens (including phenoxy) is 1. The second-order valence-electron chi connectivity index (χ2n) is 6.04. The van der Waals surface area contributed by atoms with E-state index in [0.29, 0.717) is 16.6 Å².